The van der Waals surface area contributed by atoms with Crippen molar-refractivity contribution in [1.82, 2.24) is 9.97 Å². The van der Waals surface area contributed by atoms with Gasteiger partial charge in [-0.1, -0.05) is 0 Å². The first-order valence-corrected chi connectivity index (χ1v) is 7.98. The molecule has 0 fully saturated rings. The smallest absolute Gasteiger partial charge is 0.187 e. The van der Waals surface area contributed by atoms with Crippen molar-refractivity contribution < 1.29 is 4.74 Å². The van der Waals surface area contributed by atoms with E-state index in [0.717, 1.165) is 27.8 Å². The molecule has 0 saturated carbocycles. The molecule has 112 valence electrons. The van der Waals surface area contributed by atoms with Gasteiger partial charge in [-0.05, 0) is 50.2 Å². The molecule has 1 N–H and O–H groups in total. The minimum atomic E-state index is 0.181. The summed E-state index contributed by atoms with van der Waals surface area (Å²) in [4.78, 5) is 8.68. The zero-order valence-corrected chi connectivity index (χ0v) is 13.3. The number of nitrogens with one attached hydrogen (secondary N) is 1. The van der Waals surface area contributed by atoms with E-state index in [-0.39, 0.29) is 6.10 Å². The zero-order valence-electron chi connectivity index (χ0n) is 12.5. The molecule has 0 unspecified atom stereocenters. The number of hydrogen-bond donors (Lipinski definition) is 1. The fraction of sp³-hybridized carbons (Fsp3) is 0.176. The third-order valence-electron chi connectivity index (χ3n) is 2.94. The van der Waals surface area contributed by atoms with Crippen LogP contribution in [0.1, 0.15) is 13.8 Å². The van der Waals surface area contributed by atoms with E-state index in [1.54, 1.807) is 23.7 Å². The number of ether oxygens (including phenoxy) is 1. The van der Waals surface area contributed by atoms with Crippen LogP contribution in [0.4, 0.5) is 10.8 Å². The lowest BCUT2D eigenvalue weighted by atomic mass is 10.2. The second-order valence-electron chi connectivity index (χ2n) is 5.10. The van der Waals surface area contributed by atoms with Crippen LogP contribution in [0.15, 0.2) is 54.2 Å². The van der Waals surface area contributed by atoms with E-state index < -0.39 is 0 Å². The normalized spacial score (nSPS) is 10.7. The summed E-state index contributed by atoms with van der Waals surface area (Å²) in [6.07, 6.45) is 3.71. The predicted octanol–water partition coefficient (Wildman–Crippen LogP) is 4.74. The summed E-state index contributed by atoms with van der Waals surface area (Å²) in [6, 6.07) is 11.9. The molecule has 0 bridgehead atoms. The molecule has 1 aromatic carbocycles. The van der Waals surface area contributed by atoms with E-state index in [0.29, 0.717) is 0 Å². The van der Waals surface area contributed by atoms with Crippen LogP contribution < -0.4 is 10.1 Å². The van der Waals surface area contributed by atoms with Gasteiger partial charge >= 0.3 is 0 Å². The number of aromatic nitrogens is 2. The van der Waals surface area contributed by atoms with Gasteiger partial charge in [0.15, 0.2) is 5.13 Å². The minimum Gasteiger partial charge on any atom is -0.491 e. The fourth-order valence-corrected chi connectivity index (χ4v) is 2.74. The van der Waals surface area contributed by atoms with Crippen LogP contribution in [0.2, 0.25) is 0 Å². The van der Waals surface area contributed by atoms with E-state index in [1.165, 1.54) is 0 Å². The topological polar surface area (TPSA) is 47.0 Å². The quantitative estimate of drug-likeness (QED) is 0.739. The Morgan fingerprint density at radius 1 is 1.14 bits per heavy atom. The molecule has 0 spiro atoms. The van der Waals surface area contributed by atoms with Crippen molar-refractivity contribution in [2.45, 2.75) is 20.0 Å². The molecule has 5 heteroatoms. The summed E-state index contributed by atoms with van der Waals surface area (Å²) >= 11 is 1.57. The zero-order chi connectivity index (χ0) is 15.4. The maximum Gasteiger partial charge on any atom is 0.187 e. The molecule has 2 aromatic heterocycles. The molecule has 3 aromatic rings. The van der Waals surface area contributed by atoms with Crippen molar-refractivity contribution in [2.75, 3.05) is 5.32 Å². The van der Waals surface area contributed by atoms with Gasteiger partial charge in [0.1, 0.15) is 5.75 Å². The highest BCUT2D eigenvalue weighted by Gasteiger charge is 2.06. The third kappa shape index (κ3) is 3.62. The van der Waals surface area contributed by atoms with E-state index in [9.17, 15) is 0 Å². The highest BCUT2D eigenvalue weighted by Crippen LogP contribution is 2.28. The Hall–Kier alpha value is -2.40. The van der Waals surface area contributed by atoms with Gasteiger partial charge in [-0.25, -0.2) is 4.98 Å². The highest BCUT2D eigenvalue weighted by molar-refractivity contribution is 7.14. The lowest BCUT2D eigenvalue weighted by Crippen LogP contribution is -2.05. The monoisotopic (exact) mass is 311 g/mol. The summed E-state index contributed by atoms with van der Waals surface area (Å²) in [5.74, 6) is 0.877. The van der Waals surface area contributed by atoms with Crippen LogP contribution >= 0.6 is 11.3 Å². The number of benzene rings is 1. The highest BCUT2D eigenvalue weighted by atomic mass is 32.1. The van der Waals surface area contributed by atoms with Crippen LogP contribution in [-0.4, -0.2) is 16.1 Å². The summed E-state index contributed by atoms with van der Waals surface area (Å²) in [7, 11) is 0. The summed E-state index contributed by atoms with van der Waals surface area (Å²) in [6.45, 7) is 4.04. The summed E-state index contributed by atoms with van der Waals surface area (Å²) < 4.78 is 5.65. The minimum absolute atomic E-state index is 0.181. The van der Waals surface area contributed by atoms with Gasteiger partial charge in [-0.3, -0.25) is 4.98 Å². The number of rotatable bonds is 5. The van der Waals surface area contributed by atoms with Gasteiger partial charge in [0, 0.05) is 17.1 Å². The Kier molecular flexibility index (Phi) is 4.34. The largest absolute Gasteiger partial charge is 0.491 e. The number of anilines is 2. The van der Waals surface area contributed by atoms with Crippen molar-refractivity contribution in [1.29, 1.82) is 0 Å². The molecule has 0 amide bonds. The van der Waals surface area contributed by atoms with Gasteiger partial charge in [0.25, 0.3) is 0 Å². The lowest BCUT2D eigenvalue weighted by Gasteiger charge is -2.09. The Bertz CT molecular complexity index is 723. The Labute approximate surface area is 133 Å². The van der Waals surface area contributed by atoms with E-state index in [2.05, 4.69) is 15.3 Å². The standard InChI is InChI=1S/C17H17N3OS/c1-12(2)21-15-7-5-13(6-8-15)16-11-22-17(20-16)19-14-4-3-9-18-10-14/h3-12H,1-2H3,(H,19,20). The molecular formula is C17H17N3OS. The van der Waals surface area contributed by atoms with Gasteiger partial charge in [-0.2, -0.15) is 0 Å². The van der Waals surface area contributed by atoms with Crippen molar-refractivity contribution in [2.24, 2.45) is 0 Å². The first-order valence-electron chi connectivity index (χ1n) is 7.10. The molecule has 2 heterocycles. The molecule has 0 aliphatic carbocycles. The van der Waals surface area contributed by atoms with Gasteiger partial charge in [0.2, 0.25) is 0 Å². The number of pyridine rings is 1. The molecule has 3 rings (SSSR count). The molecule has 0 atom stereocenters. The molecule has 0 aliphatic rings. The van der Waals surface area contributed by atoms with Crippen molar-refractivity contribution in [3.05, 3.63) is 54.2 Å². The average Bonchev–Trinajstić information content (AvgIpc) is 2.97. The van der Waals surface area contributed by atoms with E-state index >= 15 is 0 Å². The average molecular weight is 311 g/mol. The first kappa shape index (κ1) is 14.5. The van der Waals surface area contributed by atoms with Gasteiger partial charge in [0.05, 0.1) is 23.7 Å². The Morgan fingerprint density at radius 2 is 1.95 bits per heavy atom. The van der Waals surface area contributed by atoms with E-state index in [1.807, 2.05) is 55.6 Å². The molecule has 4 nitrogen and oxygen atoms in total. The number of hydrogen-bond acceptors (Lipinski definition) is 5. The first-order chi connectivity index (χ1) is 10.7. The third-order valence-corrected chi connectivity index (χ3v) is 3.70. The number of nitrogens with zero attached hydrogens (tertiary/aromatic N) is 2. The maximum atomic E-state index is 5.65. The summed E-state index contributed by atoms with van der Waals surface area (Å²) in [5, 5.41) is 6.14. The SMILES string of the molecule is CC(C)Oc1ccc(-c2csc(Nc3cccnc3)n2)cc1. The van der Waals surface area contributed by atoms with Crippen LogP contribution in [0.5, 0.6) is 5.75 Å². The molecule has 22 heavy (non-hydrogen) atoms. The fourth-order valence-electron chi connectivity index (χ4n) is 2.00. The second-order valence-corrected chi connectivity index (χ2v) is 5.95. The Balaban J connectivity index is 1.73. The lowest BCUT2D eigenvalue weighted by molar-refractivity contribution is 0.242. The van der Waals surface area contributed by atoms with Crippen LogP contribution in [0.3, 0.4) is 0 Å². The van der Waals surface area contributed by atoms with Crippen molar-refractivity contribution in [3.63, 3.8) is 0 Å². The molecule has 0 radical (unpaired) electrons. The van der Waals surface area contributed by atoms with Gasteiger partial charge in [-0.15, -0.1) is 11.3 Å². The predicted molar refractivity (Wildman–Crippen MR) is 90.8 cm³/mol. The van der Waals surface area contributed by atoms with Gasteiger partial charge < -0.3 is 10.1 Å². The maximum absolute atomic E-state index is 5.65. The van der Waals surface area contributed by atoms with Crippen LogP contribution in [-0.2, 0) is 0 Å². The van der Waals surface area contributed by atoms with Crippen LogP contribution in [0.25, 0.3) is 11.3 Å². The molecular weight excluding hydrogens is 294 g/mol. The molecule has 0 aliphatic heterocycles. The van der Waals surface area contributed by atoms with E-state index in [4.69, 9.17) is 4.74 Å². The van der Waals surface area contributed by atoms with Crippen LogP contribution in [0, 0.1) is 0 Å². The molecule has 0 saturated heterocycles. The van der Waals surface area contributed by atoms with Crippen molar-refractivity contribution in [3.8, 4) is 17.0 Å². The van der Waals surface area contributed by atoms with Crippen molar-refractivity contribution >= 4 is 22.2 Å². The Morgan fingerprint density at radius 3 is 2.64 bits per heavy atom. The number of thiazole rings is 1. The second kappa shape index (κ2) is 6.58. The summed E-state index contributed by atoms with van der Waals surface area (Å²) in [5.41, 5.74) is 2.96.